The maximum Gasteiger partial charge on any atom is 0.0897 e. The average molecular weight is 210 g/mol. The molecule has 1 unspecified atom stereocenters. The number of thiazole rings is 1. The number of aromatic nitrogens is 1. The third-order valence-electron chi connectivity index (χ3n) is 2.32. The van der Waals surface area contributed by atoms with Crippen molar-refractivity contribution in [2.45, 2.75) is 32.7 Å². The third-order valence-corrected chi connectivity index (χ3v) is 3.35. The smallest absolute Gasteiger partial charge is 0.0897 e. The van der Waals surface area contributed by atoms with Crippen LogP contribution < -0.4 is 5.32 Å². The standard InChI is InChI=1S/C11H18N2S/c1-5-8(2)6-10(12-4)11-7-13-9(3)14-11/h7,10,12H,2,5-6H2,1,3-4H3. The van der Waals surface area contributed by atoms with Gasteiger partial charge in [-0.05, 0) is 26.8 Å². The summed E-state index contributed by atoms with van der Waals surface area (Å²) in [4.78, 5) is 5.57. The number of nitrogens with one attached hydrogen (secondary N) is 1. The number of hydrogen-bond donors (Lipinski definition) is 1. The minimum absolute atomic E-state index is 0.383. The van der Waals surface area contributed by atoms with Gasteiger partial charge in [0.2, 0.25) is 0 Å². The Labute approximate surface area is 90.1 Å². The van der Waals surface area contributed by atoms with Crippen LogP contribution in [0, 0.1) is 6.92 Å². The molecule has 0 radical (unpaired) electrons. The van der Waals surface area contributed by atoms with Crippen LogP contribution >= 0.6 is 11.3 Å². The molecule has 3 heteroatoms. The van der Waals surface area contributed by atoms with E-state index in [2.05, 4.69) is 23.8 Å². The van der Waals surface area contributed by atoms with Crippen molar-refractivity contribution in [2.24, 2.45) is 0 Å². The molecule has 0 aromatic carbocycles. The molecule has 0 spiro atoms. The summed E-state index contributed by atoms with van der Waals surface area (Å²) in [5, 5.41) is 4.43. The van der Waals surface area contributed by atoms with Gasteiger partial charge in [0.05, 0.1) is 5.01 Å². The maximum absolute atomic E-state index is 4.27. The van der Waals surface area contributed by atoms with Crippen LogP contribution in [0.3, 0.4) is 0 Å². The summed E-state index contributed by atoms with van der Waals surface area (Å²) in [6.45, 7) is 8.22. The predicted octanol–water partition coefficient (Wildman–Crippen LogP) is 3.07. The minimum atomic E-state index is 0.383. The Morgan fingerprint density at radius 2 is 2.43 bits per heavy atom. The average Bonchev–Trinajstić information content (AvgIpc) is 2.60. The first-order valence-corrected chi connectivity index (χ1v) is 5.75. The van der Waals surface area contributed by atoms with E-state index in [0.717, 1.165) is 17.8 Å². The highest BCUT2D eigenvalue weighted by Crippen LogP contribution is 2.25. The van der Waals surface area contributed by atoms with E-state index in [1.807, 2.05) is 20.2 Å². The summed E-state index contributed by atoms with van der Waals surface area (Å²) >= 11 is 1.76. The van der Waals surface area contributed by atoms with Gasteiger partial charge in [-0.1, -0.05) is 19.1 Å². The number of hydrogen-bond acceptors (Lipinski definition) is 3. The zero-order chi connectivity index (χ0) is 10.6. The lowest BCUT2D eigenvalue weighted by atomic mass is 10.1. The van der Waals surface area contributed by atoms with Crippen molar-refractivity contribution in [3.05, 3.63) is 28.2 Å². The molecule has 0 aliphatic carbocycles. The van der Waals surface area contributed by atoms with Gasteiger partial charge < -0.3 is 5.32 Å². The van der Waals surface area contributed by atoms with Gasteiger partial charge in [0.1, 0.15) is 0 Å². The van der Waals surface area contributed by atoms with Crippen molar-refractivity contribution in [3.63, 3.8) is 0 Å². The van der Waals surface area contributed by atoms with Gasteiger partial charge in [0.25, 0.3) is 0 Å². The summed E-state index contributed by atoms with van der Waals surface area (Å²) in [5.74, 6) is 0. The van der Waals surface area contributed by atoms with E-state index in [4.69, 9.17) is 0 Å². The molecule has 0 fully saturated rings. The topological polar surface area (TPSA) is 24.9 Å². The molecule has 1 rings (SSSR count). The van der Waals surface area contributed by atoms with Crippen molar-refractivity contribution in [2.75, 3.05) is 7.05 Å². The molecule has 0 saturated heterocycles. The van der Waals surface area contributed by atoms with E-state index in [-0.39, 0.29) is 0 Å². The molecule has 1 aromatic heterocycles. The van der Waals surface area contributed by atoms with Crippen LogP contribution in [-0.4, -0.2) is 12.0 Å². The van der Waals surface area contributed by atoms with Gasteiger partial charge in [0.15, 0.2) is 0 Å². The maximum atomic E-state index is 4.27. The molecule has 1 heterocycles. The van der Waals surface area contributed by atoms with Gasteiger partial charge in [-0.3, -0.25) is 0 Å². The number of nitrogens with zero attached hydrogens (tertiary/aromatic N) is 1. The molecule has 0 amide bonds. The van der Waals surface area contributed by atoms with Crippen LogP contribution in [0.5, 0.6) is 0 Å². The van der Waals surface area contributed by atoms with Crippen molar-refractivity contribution >= 4 is 11.3 Å². The number of aryl methyl sites for hydroxylation is 1. The lowest BCUT2D eigenvalue weighted by molar-refractivity contribution is 0.591. The first-order chi connectivity index (χ1) is 6.67. The Kier molecular flexibility index (Phi) is 4.29. The minimum Gasteiger partial charge on any atom is -0.312 e. The monoisotopic (exact) mass is 210 g/mol. The molecular weight excluding hydrogens is 192 g/mol. The summed E-state index contributed by atoms with van der Waals surface area (Å²) in [6.07, 6.45) is 4.02. The quantitative estimate of drug-likeness (QED) is 0.755. The van der Waals surface area contributed by atoms with Gasteiger partial charge >= 0.3 is 0 Å². The number of rotatable bonds is 5. The summed E-state index contributed by atoms with van der Waals surface area (Å²) in [6, 6.07) is 0.383. The fourth-order valence-electron chi connectivity index (χ4n) is 1.32. The highest BCUT2D eigenvalue weighted by Gasteiger charge is 2.12. The second-order valence-electron chi connectivity index (χ2n) is 3.43. The Balaban J connectivity index is 2.67. The highest BCUT2D eigenvalue weighted by molar-refractivity contribution is 7.11. The van der Waals surface area contributed by atoms with E-state index in [1.54, 1.807) is 11.3 Å². The van der Waals surface area contributed by atoms with Crippen molar-refractivity contribution in [3.8, 4) is 0 Å². The Bertz CT molecular complexity index is 304. The fourth-order valence-corrected chi connectivity index (χ4v) is 2.21. The molecule has 0 bridgehead atoms. The van der Waals surface area contributed by atoms with Crippen molar-refractivity contribution in [1.29, 1.82) is 0 Å². The van der Waals surface area contributed by atoms with Gasteiger partial charge in [0, 0.05) is 17.1 Å². The van der Waals surface area contributed by atoms with Gasteiger partial charge in [-0.25, -0.2) is 4.98 Å². The Hall–Kier alpha value is -0.670. The SMILES string of the molecule is C=C(CC)CC(NC)c1cnc(C)s1. The van der Waals surface area contributed by atoms with E-state index in [1.165, 1.54) is 10.5 Å². The van der Waals surface area contributed by atoms with E-state index in [9.17, 15) is 0 Å². The second kappa shape index (κ2) is 5.27. The summed E-state index contributed by atoms with van der Waals surface area (Å²) in [7, 11) is 1.99. The van der Waals surface area contributed by atoms with Crippen LogP contribution in [0.25, 0.3) is 0 Å². The zero-order valence-electron chi connectivity index (χ0n) is 9.13. The molecule has 0 aliphatic rings. The van der Waals surface area contributed by atoms with E-state index < -0.39 is 0 Å². The fraction of sp³-hybridized carbons (Fsp3) is 0.545. The van der Waals surface area contributed by atoms with Crippen LogP contribution in [0.4, 0.5) is 0 Å². The van der Waals surface area contributed by atoms with E-state index in [0.29, 0.717) is 6.04 Å². The molecule has 0 aliphatic heterocycles. The van der Waals surface area contributed by atoms with E-state index >= 15 is 0 Å². The highest BCUT2D eigenvalue weighted by atomic mass is 32.1. The van der Waals surface area contributed by atoms with Crippen LogP contribution in [0.2, 0.25) is 0 Å². The molecular formula is C11H18N2S. The first kappa shape index (κ1) is 11.4. The second-order valence-corrected chi connectivity index (χ2v) is 4.70. The van der Waals surface area contributed by atoms with Crippen molar-refractivity contribution in [1.82, 2.24) is 10.3 Å². The summed E-state index contributed by atoms with van der Waals surface area (Å²) < 4.78 is 0. The lowest BCUT2D eigenvalue weighted by Gasteiger charge is -2.14. The normalized spacial score (nSPS) is 12.8. The molecule has 78 valence electrons. The molecule has 1 aromatic rings. The van der Waals surface area contributed by atoms with Gasteiger partial charge in [-0.15, -0.1) is 11.3 Å². The molecule has 1 atom stereocenters. The molecule has 14 heavy (non-hydrogen) atoms. The Morgan fingerprint density at radius 1 is 1.71 bits per heavy atom. The molecule has 1 N–H and O–H groups in total. The lowest BCUT2D eigenvalue weighted by Crippen LogP contribution is -2.15. The largest absolute Gasteiger partial charge is 0.312 e. The molecule has 0 saturated carbocycles. The molecule has 2 nitrogen and oxygen atoms in total. The van der Waals surface area contributed by atoms with Crippen LogP contribution in [-0.2, 0) is 0 Å². The van der Waals surface area contributed by atoms with Crippen LogP contribution in [0.15, 0.2) is 18.3 Å². The summed E-state index contributed by atoms with van der Waals surface area (Å²) in [5.41, 5.74) is 1.29. The zero-order valence-corrected chi connectivity index (χ0v) is 9.95. The van der Waals surface area contributed by atoms with Crippen LogP contribution in [0.1, 0.15) is 35.7 Å². The first-order valence-electron chi connectivity index (χ1n) is 4.93. The Morgan fingerprint density at radius 3 is 2.86 bits per heavy atom. The predicted molar refractivity (Wildman–Crippen MR) is 62.7 cm³/mol. The van der Waals surface area contributed by atoms with Gasteiger partial charge in [-0.2, -0.15) is 0 Å². The third kappa shape index (κ3) is 2.93. The van der Waals surface area contributed by atoms with Crippen molar-refractivity contribution < 1.29 is 0 Å².